The van der Waals surface area contributed by atoms with Crippen molar-refractivity contribution in [1.29, 1.82) is 0 Å². The molecule has 92 valence electrons. The van der Waals surface area contributed by atoms with Gasteiger partial charge in [0, 0.05) is 22.9 Å². The molecule has 2 aromatic rings. The monoisotopic (exact) mass is 327 g/mol. The van der Waals surface area contributed by atoms with E-state index in [0.29, 0.717) is 10.8 Å². The highest BCUT2D eigenvalue weighted by Crippen LogP contribution is 2.33. The number of pyridine rings is 1. The van der Waals surface area contributed by atoms with E-state index < -0.39 is 5.97 Å². The Balaban J connectivity index is 2.40. The summed E-state index contributed by atoms with van der Waals surface area (Å²) in [7, 11) is 0. The fraction of sp³-hybridized carbons (Fsp3) is 0. The van der Waals surface area contributed by atoms with Crippen LogP contribution in [0, 0.1) is 0 Å². The molecule has 0 bridgehead atoms. The molecule has 0 aliphatic rings. The lowest BCUT2D eigenvalue weighted by Gasteiger charge is -2.09. The van der Waals surface area contributed by atoms with Gasteiger partial charge in [-0.3, -0.25) is 4.98 Å². The smallest absolute Gasteiger partial charge is 0.341 e. The van der Waals surface area contributed by atoms with Gasteiger partial charge in [0.25, 0.3) is 0 Å². The predicted molar refractivity (Wildman–Crippen MR) is 70.4 cm³/mol. The molecule has 0 aliphatic carbocycles. The number of aromatic nitrogens is 1. The minimum absolute atomic E-state index is 0.0199. The highest BCUT2D eigenvalue weighted by molar-refractivity contribution is 9.10. The number of rotatable bonds is 3. The first-order valence-corrected chi connectivity index (χ1v) is 6.05. The molecule has 18 heavy (non-hydrogen) atoms. The average molecular weight is 329 g/mol. The van der Waals surface area contributed by atoms with Gasteiger partial charge in [0.2, 0.25) is 0 Å². The second-order valence-electron chi connectivity index (χ2n) is 3.35. The molecular formula is C12H7BrClNO3. The molecule has 2 rings (SSSR count). The van der Waals surface area contributed by atoms with E-state index in [4.69, 9.17) is 21.4 Å². The summed E-state index contributed by atoms with van der Waals surface area (Å²) in [6, 6.07) is 6.55. The van der Waals surface area contributed by atoms with Crippen molar-refractivity contribution >= 4 is 33.5 Å². The normalized spacial score (nSPS) is 10.1. The van der Waals surface area contributed by atoms with Crippen molar-refractivity contribution in [3.63, 3.8) is 0 Å². The van der Waals surface area contributed by atoms with Gasteiger partial charge in [-0.25, -0.2) is 4.79 Å². The van der Waals surface area contributed by atoms with Crippen LogP contribution in [0.2, 0.25) is 5.02 Å². The number of aromatic carboxylic acids is 1. The second-order valence-corrected chi connectivity index (χ2v) is 4.68. The van der Waals surface area contributed by atoms with Gasteiger partial charge >= 0.3 is 5.97 Å². The zero-order valence-corrected chi connectivity index (χ0v) is 11.3. The molecule has 1 heterocycles. The van der Waals surface area contributed by atoms with Gasteiger partial charge in [-0.05, 0) is 18.2 Å². The Morgan fingerprint density at radius 3 is 2.83 bits per heavy atom. The van der Waals surface area contributed by atoms with Crippen molar-refractivity contribution in [3.05, 3.63) is 51.7 Å². The lowest BCUT2D eigenvalue weighted by Crippen LogP contribution is -2.00. The number of hydrogen-bond donors (Lipinski definition) is 1. The van der Waals surface area contributed by atoms with Crippen molar-refractivity contribution in [2.75, 3.05) is 0 Å². The Morgan fingerprint density at radius 1 is 1.33 bits per heavy atom. The summed E-state index contributed by atoms with van der Waals surface area (Å²) < 4.78 is 6.28. The third-order valence-corrected chi connectivity index (χ3v) is 2.93. The lowest BCUT2D eigenvalue weighted by molar-refractivity contribution is 0.0693. The van der Waals surface area contributed by atoms with E-state index in [-0.39, 0.29) is 11.3 Å². The van der Waals surface area contributed by atoms with E-state index in [0.717, 1.165) is 4.47 Å². The first-order valence-electron chi connectivity index (χ1n) is 4.88. The van der Waals surface area contributed by atoms with Crippen LogP contribution in [-0.4, -0.2) is 16.1 Å². The zero-order chi connectivity index (χ0) is 13.1. The van der Waals surface area contributed by atoms with Crippen molar-refractivity contribution in [2.24, 2.45) is 0 Å². The van der Waals surface area contributed by atoms with Crippen LogP contribution in [0.15, 0.2) is 41.1 Å². The van der Waals surface area contributed by atoms with Gasteiger partial charge in [-0.15, -0.1) is 0 Å². The fourth-order valence-corrected chi connectivity index (χ4v) is 1.80. The molecule has 1 aromatic heterocycles. The summed E-state index contributed by atoms with van der Waals surface area (Å²) in [5, 5.41) is 9.40. The van der Waals surface area contributed by atoms with E-state index >= 15 is 0 Å². The summed E-state index contributed by atoms with van der Waals surface area (Å²) in [5.41, 5.74) is -0.0199. The van der Waals surface area contributed by atoms with Gasteiger partial charge in [0.15, 0.2) is 0 Å². The average Bonchev–Trinajstić information content (AvgIpc) is 2.34. The summed E-state index contributed by atoms with van der Waals surface area (Å²) in [4.78, 5) is 14.7. The third kappa shape index (κ3) is 2.80. The quantitative estimate of drug-likeness (QED) is 0.925. The maximum absolute atomic E-state index is 11.0. The van der Waals surface area contributed by atoms with Crippen LogP contribution in [0.25, 0.3) is 0 Å². The number of nitrogens with zero attached hydrogens (tertiary/aromatic N) is 1. The van der Waals surface area contributed by atoms with Crippen LogP contribution in [0.4, 0.5) is 0 Å². The van der Waals surface area contributed by atoms with Crippen LogP contribution in [0.3, 0.4) is 0 Å². The van der Waals surface area contributed by atoms with Gasteiger partial charge in [-0.1, -0.05) is 27.5 Å². The largest absolute Gasteiger partial charge is 0.477 e. The Labute approximate surface area is 116 Å². The van der Waals surface area contributed by atoms with Crippen LogP contribution < -0.4 is 4.74 Å². The number of carboxylic acid groups (broad SMARTS) is 1. The Bertz CT molecular complexity index is 604. The van der Waals surface area contributed by atoms with Crippen molar-refractivity contribution in [1.82, 2.24) is 4.98 Å². The first-order chi connectivity index (χ1) is 8.58. The van der Waals surface area contributed by atoms with Crippen LogP contribution in [-0.2, 0) is 0 Å². The zero-order valence-electron chi connectivity index (χ0n) is 8.93. The maximum atomic E-state index is 11.0. The molecular weight excluding hydrogens is 321 g/mol. The van der Waals surface area contributed by atoms with Gasteiger partial charge in [0.1, 0.15) is 17.1 Å². The second kappa shape index (κ2) is 5.37. The third-order valence-electron chi connectivity index (χ3n) is 2.12. The number of halogens is 2. The van der Waals surface area contributed by atoms with Gasteiger partial charge in [0.05, 0.1) is 5.02 Å². The Morgan fingerprint density at radius 2 is 2.11 bits per heavy atom. The highest BCUT2D eigenvalue weighted by atomic mass is 79.9. The summed E-state index contributed by atoms with van der Waals surface area (Å²) in [6.45, 7) is 0. The first kappa shape index (κ1) is 12.9. The number of ether oxygens (including phenoxy) is 1. The predicted octanol–water partition coefficient (Wildman–Crippen LogP) is 3.99. The molecule has 6 heteroatoms. The van der Waals surface area contributed by atoms with Gasteiger partial charge < -0.3 is 9.84 Å². The standard InChI is InChI=1S/C12H7BrClNO3/c13-7-1-2-9(14)11(5-7)18-10-3-4-15-6-8(10)12(16)17/h1-6H,(H,16,17). The van der Waals surface area contributed by atoms with Crippen LogP contribution in [0.1, 0.15) is 10.4 Å². The topological polar surface area (TPSA) is 59.4 Å². The van der Waals surface area contributed by atoms with Crippen LogP contribution in [0.5, 0.6) is 11.5 Å². The molecule has 0 aliphatic heterocycles. The Hall–Kier alpha value is -1.59. The van der Waals surface area contributed by atoms with E-state index in [1.54, 1.807) is 18.2 Å². The van der Waals surface area contributed by atoms with Crippen molar-refractivity contribution < 1.29 is 14.6 Å². The number of carboxylic acids is 1. The molecule has 0 radical (unpaired) electrons. The molecule has 0 spiro atoms. The SMILES string of the molecule is O=C(O)c1cnccc1Oc1cc(Br)ccc1Cl. The molecule has 0 atom stereocenters. The summed E-state index contributed by atoms with van der Waals surface area (Å²) >= 11 is 9.26. The summed E-state index contributed by atoms with van der Waals surface area (Å²) in [5.74, 6) is -0.540. The molecule has 0 amide bonds. The fourth-order valence-electron chi connectivity index (χ4n) is 1.31. The number of hydrogen-bond acceptors (Lipinski definition) is 3. The maximum Gasteiger partial charge on any atom is 0.341 e. The molecule has 4 nitrogen and oxygen atoms in total. The van der Waals surface area contributed by atoms with E-state index in [9.17, 15) is 4.79 Å². The van der Waals surface area contributed by atoms with Crippen molar-refractivity contribution in [3.8, 4) is 11.5 Å². The molecule has 0 saturated carbocycles. The van der Waals surface area contributed by atoms with E-state index in [1.807, 2.05) is 0 Å². The number of carbonyl (C=O) groups is 1. The van der Waals surface area contributed by atoms with E-state index in [2.05, 4.69) is 20.9 Å². The molecule has 0 fully saturated rings. The minimum Gasteiger partial charge on any atom is -0.477 e. The molecule has 0 unspecified atom stereocenters. The minimum atomic E-state index is -1.11. The van der Waals surface area contributed by atoms with Crippen LogP contribution >= 0.6 is 27.5 Å². The Kier molecular flexibility index (Phi) is 3.84. The van der Waals surface area contributed by atoms with Crippen molar-refractivity contribution in [2.45, 2.75) is 0 Å². The number of benzene rings is 1. The van der Waals surface area contributed by atoms with E-state index in [1.165, 1.54) is 18.5 Å². The van der Waals surface area contributed by atoms with Gasteiger partial charge in [-0.2, -0.15) is 0 Å². The molecule has 0 saturated heterocycles. The molecule has 1 aromatic carbocycles. The lowest BCUT2D eigenvalue weighted by atomic mass is 10.2. The highest BCUT2D eigenvalue weighted by Gasteiger charge is 2.13. The molecule has 1 N–H and O–H groups in total. The summed E-state index contributed by atoms with van der Waals surface area (Å²) in [6.07, 6.45) is 2.68.